The van der Waals surface area contributed by atoms with Crippen LogP contribution < -0.4 is 0 Å². The van der Waals surface area contributed by atoms with E-state index in [1.807, 2.05) is 13.8 Å². The van der Waals surface area contributed by atoms with Crippen molar-refractivity contribution in [3.05, 3.63) is 46.3 Å². The number of hydrogen-bond acceptors (Lipinski definition) is 4. The van der Waals surface area contributed by atoms with Crippen molar-refractivity contribution in [1.82, 2.24) is 10.1 Å². The number of aliphatic hydroxyl groups excluding tert-OH is 1. The number of nitrogens with zero attached hydrogens (tertiary/aromatic N) is 2. The first-order valence-corrected chi connectivity index (χ1v) is 6.77. The van der Waals surface area contributed by atoms with Crippen molar-refractivity contribution < 1.29 is 14.0 Å². The van der Waals surface area contributed by atoms with Crippen LogP contribution in [0.15, 0.2) is 22.7 Å². The monoisotopic (exact) mass is 298 g/mol. The molecule has 4 nitrogen and oxygen atoms in total. The van der Waals surface area contributed by atoms with Gasteiger partial charge in [0.15, 0.2) is 5.82 Å². The summed E-state index contributed by atoms with van der Waals surface area (Å²) in [5, 5.41) is 13.9. The maximum atomic E-state index is 12.9. The molecule has 6 heteroatoms. The molecule has 1 aromatic carbocycles. The zero-order chi connectivity index (χ0) is 14.7. The van der Waals surface area contributed by atoms with Crippen LogP contribution >= 0.6 is 11.6 Å². The van der Waals surface area contributed by atoms with Crippen molar-refractivity contribution >= 4 is 11.6 Å². The number of halogens is 2. The molecule has 0 saturated carbocycles. The zero-order valence-corrected chi connectivity index (χ0v) is 12.1. The van der Waals surface area contributed by atoms with Crippen molar-refractivity contribution in [2.45, 2.75) is 32.8 Å². The molecule has 0 radical (unpaired) electrons. The van der Waals surface area contributed by atoms with Crippen LogP contribution in [0.3, 0.4) is 0 Å². The number of aliphatic hydroxyl groups is 1. The summed E-state index contributed by atoms with van der Waals surface area (Å²) < 4.78 is 18.0. The lowest BCUT2D eigenvalue weighted by atomic mass is 10.0. The second kappa shape index (κ2) is 6.33. The van der Waals surface area contributed by atoms with Crippen LogP contribution in [0.25, 0.3) is 0 Å². The lowest BCUT2D eigenvalue weighted by Crippen LogP contribution is -2.17. The predicted molar refractivity (Wildman–Crippen MR) is 73.1 cm³/mol. The van der Waals surface area contributed by atoms with E-state index < -0.39 is 6.10 Å². The van der Waals surface area contributed by atoms with Crippen LogP contribution in [0, 0.1) is 11.7 Å². The molecule has 0 amide bonds. The van der Waals surface area contributed by atoms with Gasteiger partial charge in [-0.05, 0) is 23.6 Å². The lowest BCUT2D eigenvalue weighted by molar-refractivity contribution is 0.116. The second-order valence-electron chi connectivity index (χ2n) is 5.03. The summed E-state index contributed by atoms with van der Waals surface area (Å²) in [6.45, 7) is 3.83. The van der Waals surface area contributed by atoms with Gasteiger partial charge in [0.05, 0.1) is 12.5 Å². The third-order valence-electron chi connectivity index (χ3n) is 3.03. The Morgan fingerprint density at radius 3 is 2.80 bits per heavy atom. The normalized spacial score (nSPS) is 12.9. The van der Waals surface area contributed by atoms with Gasteiger partial charge in [0.1, 0.15) is 5.82 Å². The van der Waals surface area contributed by atoms with Crippen LogP contribution in [0.4, 0.5) is 4.39 Å². The minimum absolute atomic E-state index is 0.122. The molecule has 108 valence electrons. The number of hydrogen-bond donors (Lipinski definition) is 1. The number of aromatic nitrogens is 2. The van der Waals surface area contributed by atoms with Crippen molar-refractivity contribution in [3.63, 3.8) is 0 Å². The molecular formula is C14H16ClFN2O2. The van der Waals surface area contributed by atoms with Crippen LogP contribution in [0.2, 0.25) is 5.02 Å². The molecule has 1 heterocycles. The first-order chi connectivity index (χ1) is 9.45. The van der Waals surface area contributed by atoms with E-state index in [1.54, 1.807) is 6.07 Å². The van der Waals surface area contributed by atoms with E-state index in [1.165, 1.54) is 12.1 Å². The van der Waals surface area contributed by atoms with Crippen molar-refractivity contribution in [1.29, 1.82) is 0 Å². The fourth-order valence-electron chi connectivity index (χ4n) is 1.69. The molecule has 0 aliphatic rings. The topological polar surface area (TPSA) is 59.2 Å². The third-order valence-corrected chi connectivity index (χ3v) is 3.38. The van der Waals surface area contributed by atoms with Gasteiger partial charge in [-0.15, -0.1) is 0 Å². The van der Waals surface area contributed by atoms with Crippen LogP contribution in [0.1, 0.15) is 31.1 Å². The molecule has 1 N–H and O–H groups in total. The number of benzene rings is 1. The van der Waals surface area contributed by atoms with Gasteiger partial charge in [0, 0.05) is 11.4 Å². The summed E-state index contributed by atoms with van der Waals surface area (Å²) in [6.07, 6.45) is 0.167. The molecule has 1 atom stereocenters. The van der Waals surface area contributed by atoms with E-state index in [0.717, 1.165) is 5.56 Å². The van der Waals surface area contributed by atoms with Gasteiger partial charge in [0.25, 0.3) is 0 Å². The van der Waals surface area contributed by atoms with Gasteiger partial charge in [-0.25, -0.2) is 4.39 Å². The molecule has 0 aliphatic carbocycles. The highest BCUT2D eigenvalue weighted by Gasteiger charge is 2.16. The van der Waals surface area contributed by atoms with Crippen molar-refractivity contribution in [3.8, 4) is 0 Å². The van der Waals surface area contributed by atoms with Gasteiger partial charge in [-0.1, -0.05) is 36.7 Å². The average Bonchev–Trinajstić information content (AvgIpc) is 2.80. The highest BCUT2D eigenvalue weighted by atomic mass is 35.5. The van der Waals surface area contributed by atoms with Crippen molar-refractivity contribution in [2.75, 3.05) is 0 Å². The largest absolute Gasteiger partial charge is 0.392 e. The Balaban J connectivity index is 2.06. The summed E-state index contributed by atoms with van der Waals surface area (Å²) in [6, 6.07) is 4.18. The molecule has 0 saturated heterocycles. The molecule has 1 aromatic heterocycles. The SMILES string of the molecule is CC(C)C(O)Cc1nc(Cc2ccc(F)cc2Cl)no1. The summed E-state index contributed by atoms with van der Waals surface area (Å²) in [4.78, 5) is 4.20. The van der Waals surface area contributed by atoms with Gasteiger partial charge in [-0.3, -0.25) is 0 Å². The minimum Gasteiger partial charge on any atom is -0.392 e. The quantitative estimate of drug-likeness (QED) is 0.922. The molecule has 0 aliphatic heterocycles. The van der Waals surface area contributed by atoms with Gasteiger partial charge >= 0.3 is 0 Å². The molecule has 2 aromatic rings. The third kappa shape index (κ3) is 3.77. The Morgan fingerprint density at radius 1 is 1.40 bits per heavy atom. The van der Waals surface area contributed by atoms with Gasteiger partial charge in [0.2, 0.25) is 5.89 Å². The Bertz CT molecular complexity index is 586. The Labute approximate surface area is 121 Å². The molecule has 0 spiro atoms. The first kappa shape index (κ1) is 14.9. The van der Waals surface area contributed by atoms with E-state index >= 15 is 0 Å². The van der Waals surface area contributed by atoms with Crippen molar-refractivity contribution in [2.24, 2.45) is 5.92 Å². The standard InChI is InChI=1S/C14H16ClFN2O2/c1-8(2)12(19)7-14-17-13(18-20-14)5-9-3-4-10(16)6-11(9)15/h3-4,6,8,12,19H,5,7H2,1-2H3. The van der Waals surface area contributed by atoms with E-state index in [4.69, 9.17) is 16.1 Å². The van der Waals surface area contributed by atoms with Gasteiger partial charge in [-0.2, -0.15) is 4.98 Å². The lowest BCUT2D eigenvalue weighted by Gasteiger charge is -2.10. The zero-order valence-electron chi connectivity index (χ0n) is 11.3. The van der Waals surface area contributed by atoms with E-state index in [-0.39, 0.29) is 11.7 Å². The fraction of sp³-hybridized carbons (Fsp3) is 0.429. The highest BCUT2D eigenvalue weighted by Crippen LogP contribution is 2.20. The summed E-state index contributed by atoms with van der Waals surface area (Å²) in [5.74, 6) is 0.591. The Hall–Kier alpha value is -1.46. The summed E-state index contributed by atoms with van der Waals surface area (Å²) in [5.41, 5.74) is 0.727. The first-order valence-electron chi connectivity index (χ1n) is 6.39. The molecule has 0 bridgehead atoms. The maximum Gasteiger partial charge on any atom is 0.229 e. The molecule has 20 heavy (non-hydrogen) atoms. The Morgan fingerprint density at radius 2 is 2.15 bits per heavy atom. The number of rotatable bonds is 5. The molecule has 1 unspecified atom stereocenters. The molecular weight excluding hydrogens is 283 g/mol. The Kier molecular flexibility index (Phi) is 4.73. The van der Waals surface area contributed by atoms with Crippen LogP contribution in [-0.4, -0.2) is 21.4 Å². The fourth-order valence-corrected chi connectivity index (χ4v) is 1.93. The van der Waals surface area contributed by atoms with E-state index in [0.29, 0.717) is 29.6 Å². The highest BCUT2D eigenvalue weighted by molar-refractivity contribution is 6.31. The maximum absolute atomic E-state index is 12.9. The molecule has 0 fully saturated rings. The van der Waals surface area contributed by atoms with E-state index in [2.05, 4.69) is 10.1 Å². The second-order valence-corrected chi connectivity index (χ2v) is 5.44. The minimum atomic E-state index is -0.516. The van der Waals surface area contributed by atoms with Gasteiger partial charge < -0.3 is 9.63 Å². The average molecular weight is 299 g/mol. The summed E-state index contributed by atoms with van der Waals surface area (Å²) in [7, 11) is 0. The predicted octanol–water partition coefficient (Wildman–Crippen LogP) is 3.01. The summed E-state index contributed by atoms with van der Waals surface area (Å²) >= 11 is 5.95. The smallest absolute Gasteiger partial charge is 0.229 e. The van der Waals surface area contributed by atoms with Crippen LogP contribution in [-0.2, 0) is 12.8 Å². The molecule has 2 rings (SSSR count). The van der Waals surface area contributed by atoms with Crippen LogP contribution in [0.5, 0.6) is 0 Å². The van der Waals surface area contributed by atoms with E-state index in [9.17, 15) is 9.50 Å².